The fourth-order valence-corrected chi connectivity index (χ4v) is 0. The van der Waals surface area contributed by atoms with Gasteiger partial charge in [0.15, 0.2) is 0 Å². The highest BCUT2D eigenvalue weighted by atomic mass is 32.3. The highest BCUT2D eigenvalue weighted by Crippen LogP contribution is 1.57. The average Bonchev–Trinajstić information content (AvgIpc) is 1.27. The van der Waals surface area contributed by atoms with Gasteiger partial charge >= 0.3 is 0 Å². The number of rotatable bonds is 0. The predicted octanol–water partition coefficient (Wildman–Crippen LogP) is -1.84. The van der Waals surface area contributed by atoms with E-state index in [0.717, 1.165) is 0 Å². The van der Waals surface area contributed by atoms with E-state index in [1.807, 2.05) is 0 Å². The van der Waals surface area contributed by atoms with E-state index in [1.54, 1.807) is 0 Å². The van der Waals surface area contributed by atoms with Gasteiger partial charge in [-0.25, -0.2) is 0 Å². The third kappa shape index (κ3) is 790. The standard InChI is InChI=1S/CH2O2.3H3N.H2O4S/c2-1-3;;;;1-5(2,3)4/h1H,(H,2,3);3*1H3;(H2,1,2,3,4). The van der Waals surface area contributed by atoms with Crippen LogP contribution in [0.15, 0.2) is 0 Å². The average molecular weight is 195 g/mol. The smallest absolute Gasteiger partial charge is 0.0311 e. The third-order valence-corrected chi connectivity index (χ3v) is 0. The maximum absolute atomic E-state index is 8.52. The zero-order valence-corrected chi connectivity index (χ0v) is 7.25. The number of carboxylic acid groups (broad SMARTS) is 1. The van der Waals surface area contributed by atoms with Crippen LogP contribution in [0.4, 0.5) is 0 Å². The van der Waals surface area contributed by atoms with Gasteiger partial charge in [0, 0.05) is 16.9 Å². The fourth-order valence-electron chi connectivity index (χ4n) is 0. The molecular formula is CH13N3O6S. The first-order valence-corrected chi connectivity index (χ1v) is 2.47. The molecule has 0 unspecified atom stereocenters. The minimum absolute atomic E-state index is 0. The number of quaternary nitrogens is 3. The second kappa shape index (κ2) is 16.1. The molecule has 0 rings (SSSR count). The molecule has 10 heteroatoms. The van der Waals surface area contributed by atoms with Crippen molar-refractivity contribution in [1.29, 1.82) is 0 Å². The SMILES string of the molecule is O=C[O-].O=S(=O)([O-])[O-].[NH4+].[NH4+].[NH4+]. The van der Waals surface area contributed by atoms with Gasteiger partial charge in [-0.3, -0.25) is 8.42 Å². The van der Waals surface area contributed by atoms with E-state index in [9.17, 15) is 0 Å². The second-order valence-corrected chi connectivity index (χ2v) is 1.32. The molecule has 0 bridgehead atoms. The fraction of sp³-hybridized carbons (Fsp3) is 0. The van der Waals surface area contributed by atoms with Crippen LogP contribution in [0.25, 0.3) is 0 Å². The number of hydrogen-bond donors (Lipinski definition) is 3. The van der Waals surface area contributed by atoms with Crippen molar-refractivity contribution < 1.29 is 27.4 Å². The summed E-state index contributed by atoms with van der Waals surface area (Å²) in [6, 6.07) is 0. The lowest BCUT2D eigenvalue weighted by atomic mass is 11.7. The highest BCUT2D eigenvalue weighted by Gasteiger charge is 1.49. The van der Waals surface area contributed by atoms with Crippen molar-refractivity contribution >= 4 is 16.9 Å². The van der Waals surface area contributed by atoms with Crippen molar-refractivity contribution in [2.75, 3.05) is 0 Å². The molecule has 0 atom stereocenters. The van der Waals surface area contributed by atoms with E-state index in [4.69, 9.17) is 27.4 Å². The van der Waals surface area contributed by atoms with Crippen LogP contribution in [0.5, 0.6) is 0 Å². The summed E-state index contributed by atoms with van der Waals surface area (Å²) in [5.41, 5.74) is 0. The summed E-state index contributed by atoms with van der Waals surface area (Å²) in [7, 11) is -5.17. The Bertz CT molecular complexity index is 132. The van der Waals surface area contributed by atoms with E-state index >= 15 is 0 Å². The van der Waals surface area contributed by atoms with Gasteiger partial charge < -0.3 is 37.5 Å². The van der Waals surface area contributed by atoms with E-state index in [1.165, 1.54) is 0 Å². The van der Waals surface area contributed by atoms with Crippen LogP contribution in [0.1, 0.15) is 0 Å². The van der Waals surface area contributed by atoms with Crippen molar-refractivity contribution in [3.8, 4) is 0 Å². The van der Waals surface area contributed by atoms with Gasteiger partial charge in [0.2, 0.25) is 0 Å². The minimum Gasteiger partial charge on any atom is -0.759 e. The normalized spacial score (nSPS) is 6.36. The molecule has 9 nitrogen and oxygen atoms in total. The Balaban J connectivity index is -0.0000000183. The summed E-state index contributed by atoms with van der Waals surface area (Å²) in [4.78, 5) is 8.25. The van der Waals surface area contributed by atoms with Crippen LogP contribution in [0, 0.1) is 0 Å². The van der Waals surface area contributed by atoms with Gasteiger partial charge in [0.25, 0.3) is 0 Å². The van der Waals surface area contributed by atoms with Crippen LogP contribution in [0.3, 0.4) is 0 Å². The first-order valence-electron chi connectivity index (χ1n) is 1.14. The van der Waals surface area contributed by atoms with E-state index in [-0.39, 0.29) is 18.5 Å². The molecule has 0 radical (unpaired) electrons. The largest absolute Gasteiger partial charge is 0.759 e. The van der Waals surface area contributed by atoms with Gasteiger partial charge in [-0.2, -0.15) is 0 Å². The molecule has 0 aromatic rings. The van der Waals surface area contributed by atoms with Crippen LogP contribution < -0.4 is 23.6 Å². The maximum atomic E-state index is 8.52. The van der Waals surface area contributed by atoms with Crippen molar-refractivity contribution in [3.05, 3.63) is 0 Å². The quantitative estimate of drug-likeness (QED) is 0.228. The molecule has 74 valence electrons. The molecule has 11 heavy (non-hydrogen) atoms. The van der Waals surface area contributed by atoms with Crippen molar-refractivity contribution in [2.45, 2.75) is 0 Å². The summed E-state index contributed by atoms with van der Waals surface area (Å²) < 4.78 is 34.1. The maximum Gasteiger partial charge on any atom is 0.0311 e. The molecule has 0 aliphatic heterocycles. The number of carbonyl (C=O) groups excluding carboxylic acids is 1. The molecule has 0 saturated carbocycles. The molecule has 0 fully saturated rings. The lowest BCUT2D eigenvalue weighted by Crippen LogP contribution is -2.01. The van der Waals surface area contributed by atoms with E-state index < -0.39 is 16.9 Å². The lowest BCUT2D eigenvalue weighted by molar-refractivity contribution is -0.283. The third-order valence-electron chi connectivity index (χ3n) is 0. The Morgan fingerprint density at radius 2 is 1.00 bits per heavy atom. The minimum atomic E-state index is -5.17. The summed E-state index contributed by atoms with van der Waals surface area (Å²) in [6.45, 7) is -0.500. The molecule has 0 aromatic carbocycles. The highest BCUT2D eigenvalue weighted by molar-refractivity contribution is 7.79. The monoisotopic (exact) mass is 195 g/mol. The molecule has 0 amide bonds. The molecule has 0 heterocycles. The topological polar surface area (TPSA) is 230 Å². The Kier molecular flexibility index (Phi) is 46.7. The summed E-state index contributed by atoms with van der Waals surface area (Å²) >= 11 is 0. The van der Waals surface area contributed by atoms with Gasteiger partial charge in [-0.15, -0.1) is 0 Å². The molecule has 0 saturated heterocycles. The van der Waals surface area contributed by atoms with Crippen LogP contribution >= 0.6 is 0 Å². The number of hydrogen-bond acceptors (Lipinski definition) is 6. The van der Waals surface area contributed by atoms with Crippen LogP contribution in [-0.4, -0.2) is 24.0 Å². The Morgan fingerprint density at radius 1 is 1.00 bits per heavy atom. The van der Waals surface area contributed by atoms with Crippen molar-refractivity contribution in [1.82, 2.24) is 18.5 Å². The molecule has 0 aromatic heterocycles. The van der Waals surface area contributed by atoms with Crippen LogP contribution in [0.2, 0.25) is 0 Å². The molecule has 0 aliphatic rings. The Hall–Kier alpha value is -0.780. The first-order chi connectivity index (χ1) is 3.41. The zero-order chi connectivity index (χ0) is 7.21. The predicted molar refractivity (Wildman–Crippen MR) is 34.5 cm³/mol. The molecule has 0 spiro atoms. The molecular weight excluding hydrogens is 182 g/mol. The van der Waals surface area contributed by atoms with Gasteiger partial charge in [0.05, 0.1) is 0 Å². The van der Waals surface area contributed by atoms with Gasteiger partial charge in [-0.05, 0) is 0 Å². The molecule has 0 aliphatic carbocycles. The van der Waals surface area contributed by atoms with Crippen molar-refractivity contribution in [2.24, 2.45) is 0 Å². The first kappa shape index (κ1) is 31.9. The Morgan fingerprint density at radius 3 is 1.00 bits per heavy atom. The van der Waals surface area contributed by atoms with Crippen LogP contribution in [-0.2, 0) is 15.2 Å². The van der Waals surface area contributed by atoms with Crippen molar-refractivity contribution in [3.63, 3.8) is 0 Å². The second-order valence-electron chi connectivity index (χ2n) is 0.504. The zero-order valence-electron chi connectivity index (χ0n) is 6.44. The van der Waals surface area contributed by atoms with Gasteiger partial charge in [-0.1, -0.05) is 0 Å². The Labute approximate surface area is 63.7 Å². The van der Waals surface area contributed by atoms with E-state index in [0.29, 0.717) is 0 Å². The van der Waals surface area contributed by atoms with Gasteiger partial charge in [0.1, 0.15) is 0 Å². The van der Waals surface area contributed by atoms with E-state index in [2.05, 4.69) is 0 Å². The molecule has 12 N–H and O–H groups in total. The summed E-state index contributed by atoms with van der Waals surface area (Å²) in [5.74, 6) is 0. The summed E-state index contributed by atoms with van der Waals surface area (Å²) in [6.07, 6.45) is 0. The lowest BCUT2D eigenvalue weighted by Gasteiger charge is -2.06. The number of carbonyl (C=O) groups is 1. The summed E-state index contributed by atoms with van der Waals surface area (Å²) in [5, 5.41) is 8.25.